The van der Waals surface area contributed by atoms with E-state index in [9.17, 15) is 15.0 Å². The molecule has 0 radical (unpaired) electrons. The monoisotopic (exact) mass is 357 g/mol. The number of amides is 1. The average molecular weight is 357 g/mol. The first-order valence-electron chi connectivity index (χ1n) is 9.29. The molecule has 25 heavy (non-hydrogen) atoms. The molecule has 2 aliphatic heterocycles. The van der Waals surface area contributed by atoms with Crippen molar-refractivity contribution in [3.8, 4) is 0 Å². The molecule has 2 saturated heterocycles. The molecular formula is C18H31NO6. The van der Waals surface area contributed by atoms with Crippen LogP contribution in [0.25, 0.3) is 0 Å². The normalized spacial score (nSPS) is 49.8. The van der Waals surface area contributed by atoms with Gasteiger partial charge in [0.15, 0.2) is 18.4 Å². The van der Waals surface area contributed by atoms with Crippen molar-refractivity contribution in [1.82, 2.24) is 5.32 Å². The van der Waals surface area contributed by atoms with Gasteiger partial charge < -0.3 is 29.7 Å². The van der Waals surface area contributed by atoms with Crippen LogP contribution in [0.15, 0.2) is 0 Å². The summed E-state index contributed by atoms with van der Waals surface area (Å²) in [6.45, 7) is 5.63. The predicted molar refractivity (Wildman–Crippen MR) is 89.1 cm³/mol. The summed E-state index contributed by atoms with van der Waals surface area (Å²) in [5, 5.41) is 24.7. The van der Waals surface area contributed by atoms with Crippen LogP contribution >= 0.6 is 0 Å². The summed E-state index contributed by atoms with van der Waals surface area (Å²) in [6, 6.07) is 0. The average Bonchev–Trinajstić information content (AvgIpc) is 2.65. The summed E-state index contributed by atoms with van der Waals surface area (Å²) in [6.07, 6.45) is 1.38. The van der Waals surface area contributed by atoms with Crippen LogP contribution in [-0.4, -0.2) is 53.7 Å². The molecule has 8 atom stereocenters. The molecule has 1 amide bonds. The smallest absolute Gasteiger partial charge is 0.245 e. The van der Waals surface area contributed by atoms with Gasteiger partial charge in [0, 0.05) is 25.3 Å². The fraction of sp³-hybridized carbons (Fsp3) is 0.944. The van der Waals surface area contributed by atoms with Crippen LogP contribution < -0.4 is 5.32 Å². The Morgan fingerprint density at radius 3 is 2.64 bits per heavy atom. The van der Waals surface area contributed by atoms with Crippen LogP contribution in [0.1, 0.15) is 46.5 Å². The highest BCUT2D eigenvalue weighted by molar-refractivity contribution is 5.76. The van der Waals surface area contributed by atoms with Crippen molar-refractivity contribution in [2.75, 3.05) is 13.7 Å². The van der Waals surface area contributed by atoms with Crippen LogP contribution in [0, 0.1) is 23.7 Å². The Balaban J connectivity index is 1.88. The van der Waals surface area contributed by atoms with Gasteiger partial charge in [-0.05, 0) is 38.0 Å². The Kier molecular flexibility index (Phi) is 5.16. The lowest BCUT2D eigenvalue weighted by molar-refractivity contribution is -0.407. The van der Waals surface area contributed by atoms with Gasteiger partial charge in [-0.2, -0.15) is 0 Å². The first-order chi connectivity index (χ1) is 11.7. The SMILES string of the molecule is CNC(=O)COC1OC2OC(C)(O)CCC3C(C)CCC(C1C)C23O. The molecule has 7 heteroatoms. The highest BCUT2D eigenvalue weighted by atomic mass is 16.8. The first kappa shape index (κ1) is 19.0. The fourth-order valence-electron chi connectivity index (χ4n) is 4.96. The van der Waals surface area contributed by atoms with Gasteiger partial charge in [-0.1, -0.05) is 13.8 Å². The minimum atomic E-state index is -1.35. The Morgan fingerprint density at radius 1 is 1.24 bits per heavy atom. The highest BCUT2D eigenvalue weighted by Gasteiger charge is 2.63. The molecule has 0 aromatic rings. The maximum absolute atomic E-state index is 11.7. The standard InChI is InChI=1S/C18H31NO6/c1-10-5-6-13-11(2)15(23-9-14(20)19-4)24-16-18(13,22)12(10)7-8-17(3,21)25-16/h10-13,15-16,21-22H,5-9H2,1-4H3,(H,19,20). The number of carbonyl (C=O) groups is 1. The van der Waals surface area contributed by atoms with Crippen LogP contribution in [0.2, 0.25) is 0 Å². The summed E-state index contributed by atoms with van der Waals surface area (Å²) in [4.78, 5) is 11.5. The lowest BCUT2D eigenvalue weighted by Crippen LogP contribution is -2.67. The fourth-order valence-corrected chi connectivity index (χ4v) is 4.96. The molecule has 1 aliphatic carbocycles. The van der Waals surface area contributed by atoms with Crippen LogP contribution in [0.5, 0.6) is 0 Å². The van der Waals surface area contributed by atoms with Gasteiger partial charge in [0.1, 0.15) is 12.2 Å². The van der Waals surface area contributed by atoms with E-state index in [1.54, 1.807) is 14.0 Å². The van der Waals surface area contributed by atoms with Gasteiger partial charge in [0.2, 0.25) is 5.91 Å². The molecule has 2 heterocycles. The zero-order chi connectivity index (χ0) is 18.4. The van der Waals surface area contributed by atoms with Gasteiger partial charge in [-0.15, -0.1) is 0 Å². The number of ether oxygens (including phenoxy) is 3. The minimum Gasteiger partial charge on any atom is -0.384 e. The van der Waals surface area contributed by atoms with Crippen molar-refractivity contribution in [2.24, 2.45) is 23.7 Å². The molecule has 8 unspecified atom stereocenters. The summed E-state index contributed by atoms with van der Waals surface area (Å²) >= 11 is 0. The zero-order valence-corrected chi connectivity index (χ0v) is 15.5. The topological polar surface area (TPSA) is 97.3 Å². The summed E-state index contributed by atoms with van der Waals surface area (Å²) in [5.74, 6) is -1.38. The largest absolute Gasteiger partial charge is 0.384 e. The van der Waals surface area contributed by atoms with E-state index in [2.05, 4.69) is 12.2 Å². The van der Waals surface area contributed by atoms with Crippen molar-refractivity contribution in [2.45, 2.75) is 70.4 Å². The van der Waals surface area contributed by atoms with Gasteiger partial charge in [-0.25, -0.2) is 0 Å². The molecular weight excluding hydrogens is 326 g/mol. The molecule has 7 nitrogen and oxygen atoms in total. The third-order valence-corrected chi connectivity index (χ3v) is 6.44. The van der Waals surface area contributed by atoms with Gasteiger partial charge in [0.25, 0.3) is 0 Å². The molecule has 3 N–H and O–H groups in total. The maximum Gasteiger partial charge on any atom is 0.245 e. The lowest BCUT2D eigenvalue weighted by atomic mass is 9.58. The van der Waals surface area contributed by atoms with E-state index in [0.717, 1.165) is 12.8 Å². The molecule has 0 spiro atoms. The van der Waals surface area contributed by atoms with Crippen molar-refractivity contribution in [1.29, 1.82) is 0 Å². The van der Waals surface area contributed by atoms with E-state index >= 15 is 0 Å². The number of carbonyl (C=O) groups excluding carboxylic acids is 1. The van der Waals surface area contributed by atoms with Crippen molar-refractivity contribution < 1.29 is 29.2 Å². The Morgan fingerprint density at radius 2 is 1.96 bits per heavy atom. The third kappa shape index (κ3) is 3.32. The number of aliphatic hydroxyl groups is 2. The molecule has 3 fully saturated rings. The van der Waals surface area contributed by atoms with E-state index in [0.29, 0.717) is 18.8 Å². The van der Waals surface area contributed by atoms with E-state index < -0.39 is 24.0 Å². The molecule has 1 saturated carbocycles. The van der Waals surface area contributed by atoms with Crippen molar-refractivity contribution in [3.63, 3.8) is 0 Å². The number of hydrogen-bond acceptors (Lipinski definition) is 6. The first-order valence-corrected chi connectivity index (χ1v) is 9.29. The van der Waals surface area contributed by atoms with E-state index in [4.69, 9.17) is 14.2 Å². The zero-order valence-electron chi connectivity index (χ0n) is 15.5. The number of rotatable bonds is 3. The second-order valence-electron chi connectivity index (χ2n) is 8.17. The van der Waals surface area contributed by atoms with E-state index in [-0.39, 0.29) is 30.3 Å². The second-order valence-corrected chi connectivity index (χ2v) is 8.17. The summed E-state index contributed by atoms with van der Waals surface area (Å²) < 4.78 is 17.4. The van der Waals surface area contributed by atoms with E-state index in [1.165, 1.54) is 0 Å². The quantitative estimate of drug-likeness (QED) is 0.697. The number of nitrogens with one attached hydrogen (secondary N) is 1. The third-order valence-electron chi connectivity index (χ3n) is 6.44. The Labute approximate surface area is 149 Å². The van der Waals surface area contributed by atoms with Crippen molar-refractivity contribution >= 4 is 5.91 Å². The van der Waals surface area contributed by atoms with Crippen LogP contribution in [-0.2, 0) is 19.0 Å². The molecule has 3 rings (SSSR count). The Bertz CT molecular complexity index is 512. The number of likely N-dealkylation sites (N-methyl/N-ethyl adjacent to an activating group) is 1. The molecule has 3 aliphatic rings. The highest BCUT2D eigenvalue weighted by Crippen LogP contribution is 2.55. The van der Waals surface area contributed by atoms with Gasteiger partial charge in [-0.3, -0.25) is 4.79 Å². The molecule has 144 valence electrons. The van der Waals surface area contributed by atoms with Gasteiger partial charge >= 0.3 is 0 Å². The Hall–Kier alpha value is -0.730. The summed E-state index contributed by atoms with van der Waals surface area (Å²) in [7, 11) is 1.55. The minimum absolute atomic E-state index is 0.00701. The number of hydrogen-bond donors (Lipinski definition) is 3. The molecule has 0 bridgehead atoms. The van der Waals surface area contributed by atoms with Gasteiger partial charge in [0.05, 0.1) is 0 Å². The maximum atomic E-state index is 11.7. The lowest BCUT2D eigenvalue weighted by Gasteiger charge is -2.57. The van der Waals surface area contributed by atoms with E-state index in [1.807, 2.05) is 6.92 Å². The molecule has 0 aromatic carbocycles. The molecule has 0 aromatic heterocycles. The van der Waals surface area contributed by atoms with Crippen LogP contribution in [0.4, 0.5) is 0 Å². The van der Waals surface area contributed by atoms with Crippen LogP contribution in [0.3, 0.4) is 0 Å². The summed E-state index contributed by atoms with van der Waals surface area (Å²) in [5.41, 5.74) is -1.15. The predicted octanol–water partition coefficient (Wildman–Crippen LogP) is 0.980. The van der Waals surface area contributed by atoms with Crippen molar-refractivity contribution in [3.05, 3.63) is 0 Å². The second kappa shape index (κ2) is 6.78.